The quantitative estimate of drug-likeness (QED) is 0.474. The lowest BCUT2D eigenvalue weighted by atomic mass is 10.1. The molecule has 0 radical (unpaired) electrons. The second-order valence-corrected chi connectivity index (χ2v) is 9.16. The third-order valence-electron chi connectivity index (χ3n) is 5.01. The summed E-state index contributed by atoms with van der Waals surface area (Å²) >= 11 is 0. The number of hydrogen-bond donors (Lipinski definition) is 2. The fraction of sp³-hybridized carbons (Fsp3) is 0.136. The van der Waals surface area contributed by atoms with E-state index in [1.807, 2.05) is 31.2 Å². The van der Waals surface area contributed by atoms with E-state index in [4.69, 9.17) is 4.42 Å². The lowest BCUT2D eigenvalue weighted by Gasteiger charge is -2.19. The number of phenolic OH excluding ortho intramolecular Hbond substituents is 2. The van der Waals surface area contributed by atoms with E-state index in [0.29, 0.717) is 11.3 Å². The van der Waals surface area contributed by atoms with E-state index in [0.717, 1.165) is 21.6 Å². The molecule has 8 nitrogen and oxygen atoms in total. The Morgan fingerprint density at radius 3 is 2.58 bits per heavy atom. The van der Waals surface area contributed by atoms with Gasteiger partial charge in [0.2, 0.25) is 10.0 Å². The Morgan fingerprint density at radius 2 is 1.87 bits per heavy atom. The summed E-state index contributed by atoms with van der Waals surface area (Å²) in [6, 6.07) is 13.2. The zero-order valence-corrected chi connectivity index (χ0v) is 17.7. The van der Waals surface area contributed by atoms with Gasteiger partial charge < -0.3 is 14.6 Å². The summed E-state index contributed by atoms with van der Waals surface area (Å²) < 4.78 is 34.0. The molecule has 0 aliphatic heterocycles. The molecule has 4 rings (SSSR count). The Hall–Kier alpha value is -3.56. The molecule has 0 fully saturated rings. The van der Waals surface area contributed by atoms with Crippen LogP contribution < -0.4 is 0 Å². The van der Waals surface area contributed by atoms with Crippen LogP contribution in [0.2, 0.25) is 0 Å². The van der Waals surface area contributed by atoms with Crippen molar-refractivity contribution in [3.8, 4) is 28.4 Å². The van der Waals surface area contributed by atoms with Gasteiger partial charge in [-0.1, -0.05) is 18.2 Å². The van der Waals surface area contributed by atoms with E-state index in [1.165, 1.54) is 25.6 Å². The van der Waals surface area contributed by atoms with E-state index in [2.05, 4.69) is 5.10 Å². The van der Waals surface area contributed by atoms with Crippen LogP contribution in [-0.2, 0) is 16.6 Å². The molecule has 0 aliphatic rings. The van der Waals surface area contributed by atoms with Crippen LogP contribution in [0.4, 0.5) is 0 Å². The highest BCUT2D eigenvalue weighted by atomic mass is 32.2. The van der Waals surface area contributed by atoms with Crippen molar-refractivity contribution < 1.29 is 23.0 Å². The molecule has 0 bridgehead atoms. The second-order valence-electron chi connectivity index (χ2n) is 7.14. The van der Waals surface area contributed by atoms with Crippen molar-refractivity contribution in [3.63, 3.8) is 0 Å². The number of sulfonamides is 1. The van der Waals surface area contributed by atoms with Crippen molar-refractivity contribution in [2.24, 2.45) is 0 Å². The summed E-state index contributed by atoms with van der Waals surface area (Å²) in [5.41, 5.74) is 3.13. The molecule has 0 unspecified atom stereocenters. The molecule has 2 aromatic heterocycles. The Morgan fingerprint density at radius 1 is 1.10 bits per heavy atom. The van der Waals surface area contributed by atoms with Crippen molar-refractivity contribution in [2.45, 2.75) is 18.4 Å². The summed E-state index contributed by atoms with van der Waals surface area (Å²) in [4.78, 5) is -0.316. The Balaban J connectivity index is 1.80. The van der Waals surface area contributed by atoms with Crippen LogP contribution in [0.1, 0.15) is 11.1 Å². The number of aryl methyl sites for hydroxylation is 1. The number of rotatable bonds is 6. The monoisotopic (exact) mass is 439 g/mol. The molecule has 2 heterocycles. The van der Waals surface area contributed by atoms with Crippen molar-refractivity contribution in [2.75, 3.05) is 7.05 Å². The fourth-order valence-electron chi connectivity index (χ4n) is 3.36. The molecule has 0 amide bonds. The van der Waals surface area contributed by atoms with Crippen molar-refractivity contribution in [1.29, 1.82) is 0 Å². The number of aromatic hydroxyl groups is 2. The maximum Gasteiger partial charge on any atom is 0.246 e. The zero-order chi connectivity index (χ0) is 22.2. The summed E-state index contributed by atoms with van der Waals surface area (Å²) in [5.74, 6) is -0.800. The van der Waals surface area contributed by atoms with E-state index >= 15 is 0 Å². The average Bonchev–Trinajstić information content (AvgIpc) is 3.40. The summed E-state index contributed by atoms with van der Waals surface area (Å²) in [5, 5.41) is 25.2. The summed E-state index contributed by atoms with van der Waals surface area (Å²) in [7, 11) is -2.65. The first-order valence-electron chi connectivity index (χ1n) is 9.43. The molecular formula is C22H21N3O5S. The highest BCUT2D eigenvalue weighted by molar-refractivity contribution is 7.89. The van der Waals surface area contributed by atoms with E-state index in [9.17, 15) is 18.6 Å². The molecule has 2 N–H and O–H groups in total. The predicted octanol–water partition coefficient (Wildman–Crippen LogP) is 3.67. The first-order chi connectivity index (χ1) is 14.8. The number of hydrogen-bond acceptors (Lipinski definition) is 6. The molecule has 31 heavy (non-hydrogen) atoms. The fourth-order valence-corrected chi connectivity index (χ4v) is 4.61. The van der Waals surface area contributed by atoms with Crippen molar-refractivity contribution in [3.05, 3.63) is 78.4 Å². The zero-order valence-electron chi connectivity index (χ0n) is 16.9. The average molecular weight is 439 g/mol. The number of furan rings is 1. The minimum absolute atomic E-state index is 0.0651. The lowest BCUT2D eigenvalue weighted by Crippen LogP contribution is -2.26. The van der Waals surface area contributed by atoms with Gasteiger partial charge in [-0.3, -0.25) is 0 Å². The van der Waals surface area contributed by atoms with E-state index < -0.39 is 15.8 Å². The van der Waals surface area contributed by atoms with Crippen molar-refractivity contribution >= 4 is 10.0 Å². The molecule has 0 saturated heterocycles. The van der Waals surface area contributed by atoms with Gasteiger partial charge in [0.15, 0.2) is 0 Å². The van der Waals surface area contributed by atoms with Gasteiger partial charge in [0.1, 0.15) is 16.4 Å². The maximum atomic E-state index is 13.2. The van der Waals surface area contributed by atoms with Crippen LogP contribution in [0.3, 0.4) is 0 Å². The lowest BCUT2D eigenvalue weighted by molar-refractivity contribution is 0.429. The highest BCUT2D eigenvalue weighted by Crippen LogP contribution is 2.38. The van der Waals surface area contributed by atoms with Crippen LogP contribution in [0.25, 0.3) is 16.9 Å². The van der Waals surface area contributed by atoms with E-state index in [1.54, 1.807) is 23.0 Å². The molecule has 2 aromatic carbocycles. The summed E-state index contributed by atoms with van der Waals surface area (Å²) in [6.45, 7) is 1.99. The van der Waals surface area contributed by atoms with E-state index in [-0.39, 0.29) is 22.8 Å². The predicted molar refractivity (Wildman–Crippen MR) is 114 cm³/mol. The smallest absolute Gasteiger partial charge is 0.246 e. The molecule has 4 aromatic rings. The van der Waals surface area contributed by atoms with Gasteiger partial charge in [-0.15, -0.1) is 0 Å². The summed E-state index contributed by atoms with van der Waals surface area (Å²) in [6.07, 6.45) is 4.47. The Labute approximate surface area is 179 Å². The van der Waals surface area contributed by atoms with Gasteiger partial charge in [0.25, 0.3) is 0 Å². The van der Waals surface area contributed by atoms with Crippen molar-refractivity contribution in [1.82, 2.24) is 14.1 Å². The highest BCUT2D eigenvalue weighted by Gasteiger charge is 2.27. The van der Waals surface area contributed by atoms with Crippen LogP contribution in [0.5, 0.6) is 11.5 Å². The third-order valence-corrected chi connectivity index (χ3v) is 6.85. The first-order valence-corrected chi connectivity index (χ1v) is 10.9. The SMILES string of the molecule is Cc1ccccc1-n1nccc1-c1cc(S(=O)(=O)N(C)Cc2ccoc2)c(O)cc1O. The van der Waals surface area contributed by atoms with Gasteiger partial charge >= 0.3 is 0 Å². The minimum Gasteiger partial charge on any atom is -0.507 e. The molecule has 0 aliphatic carbocycles. The van der Waals surface area contributed by atoms with Gasteiger partial charge in [-0.05, 0) is 36.8 Å². The number of para-hydroxylation sites is 1. The molecule has 0 spiro atoms. The first kappa shape index (κ1) is 20.7. The third kappa shape index (κ3) is 3.80. The Bertz CT molecular complexity index is 1330. The number of nitrogens with zero attached hydrogens (tertiary/aromatic N) is 3. The van der Waals surface area contributed by atoms with Gasteiger partial charge in [0, 0.05) is 30.8 Å². The maximum absolute atomic E-state index is 13.2. The molecule has 0 saturated carbocycles. The Kier molecular flexibility index (Phi) is 5.30. The van der Waals surface area contributed by atoms with Gasteiger partial charge in [-0.25, -0.2) is 13.1 Å². The molecule has 9 heteroatoms. The normalized spacial score (nSPS) is 11.8. The largest absolute Gasteiger partial charge is 0.507 e. The number of benzene rings is 2. The van der Waals surface area contributed by atoms with Gasteiger partial charge in [-0.2, -0.15) is 9.40 Å². The second kappa shape index (κ2) is 7.93. The minimum atomic E-state index is -4.06. The van der Waals surface area contributed by atoms with Crippen LogP contribution in [-0.4, -0.2) is 39.8 Å². The topological polar surface area (TPSA) is 109 Å². The van der Waals surface area contributed by atoms with Crippen LogP contribution in [0.15, 0.2) is 76.6 Å². The van der Waals surface area contributed by atoms with Crippen LogP contribution >= 0.6 is 0 Å². The molecule has 160 valence electrons. The molecule has 0 atom stereocenters. The molecular weight excluding hydrogens is 418 g/mol. The standard InChI is InChI=1S/C22H21N3O5S/c1-15-5-3-4-6-18(15)25-19(7-9-23-25)17-11-22(21(27)12-20(17)26)31(28,29)24(2)13-16-8-10-30-14-16/h3-12,14,26-27H,13H2,1-2H3. The van der Waals surface area contributed by atoms with Crippen LogP contribution in [0, 0.1) is 6.92 Å². The number of phenols is 2. The van der Waals surface area contributed by atoms with Gasteiger partial charge in [0.05, 0.1) is 30.1 Å². The number of aromatic nitrogens is 2.